The van der Waals surface area contributed by atoms with Crippen LogP contribution in [0, 0.1) is 11.7 Å². The van der Waals surface area contributed by atoms with Gasteiger partial charge in [0.15, 0.2) is 0 Å². The van der Waals surface area contributed by atoms with E-state index in [1.54, 1.807) is 0 Å². The number of benzene rings is 1. The lowest BCUT2D eigenvalue weighted by molar-refractivity contribution is -0.137. The number of hydrogen-bond acceptors (Lipinski definition) is 2. The molecule has 1 unspecified atom stereocenters. The zero-order chi connectivity index (χ0) is 16.7. The van der Waals surface area contributed by atoms with Gasteiger partial charge in [-0.3, -0.25) is 4.79 Å². The molecule has 0 aromatic heterocycles. The number of carbonyl (C=O) groups is 1. The van der Waals surface area contributed by atoms with Crippen LogP contribution in [0.3, 0.4) is 0 Å². The molecule has 3 rings (SSSR count). The van der Waals surface area contributed by atoms with Crippen molar-refractivity contribution < 1.29 is 27.1 Å². The molecule has 0 bridgehead atoms. The van der Waals surface area contributed by atoms with Gasteiger partial charge >= 0.3 is 6.18 Å². The van der Waals surface area contributed by atoms with Gasteiger partial charge in [-0.15, -0.1) is 0 Å². The van der Waals surface area contributed by atoms with Crippen molar-refractivity contribution in [1.29, 1.82) is 0 Å². The molecule has 2 aliphatic rings. The summed E-state index contributed by atoms with van der Waals surface area (Å²) in [5.41, 5.74) is -1.28. The van der Waals surface area contributed by atoms with Gasteiger partial charge in [0.25, 0.3) is 0 Å². The van der Waals surface area contributed by atoms with E-state index >= 15 is 0 Å². The van der Waals surface area contributed by atoms with Crippen molar-refractivity contribution in [3.05, 3.63) is 35.1 Å². The van der Waals surface area contributed by atoms with Crippen molar-refractivity contribution in [2.45, 2.75) is 30.9 Å². The summed E-state index contributed by atoms with van der Waals surface area (Å²) in [4.78, 5) is 12.0. The Bertz CT molecular complexity index is 605. The second-order valence-corrected chi connectivity index (χ2v) is 6.28. The van der Waals surface area contributed by atoms with E-state index in [2.05, 4.69) is 5.32 Å². The molecular weight excluding hydrogens is 314 g/mol. The first kappa shape index (κ1) is 16.2. The number of rotatable bonds is 4. The number of carbonyl (C=O) groups excluding carboxylic acids is 1. The van der Waals surface area contributed by atoms with Gasteiger partial charge in [-0.1, -0.05) is 0 Å². The SMILES string of the molecule is O=C(NCC1(c2cc(F)cc(C(F)(F)F)c2)CC1)C1CCOC1. The molecule has 7 heteroatoms. The molecule has 1 aromatic rings. The van der Waals surface area contributed by atoms with E-state index in [1.807, 2.05) is 0 Å². The minimum atomic E-state index is -4.59. The quantitative estimate of drug-likeness (QED) is 0.862. The van der Waals surface area contributed by atoms with Crippen LogP contribution in [0.25, 0.3) is 0 Å². The molecule has 1 saturated heterocycles. The Labute approximate surface area is 131 Å². The highest BCUT2D eigenvalue weighted by Gasteiger charge is 2.46. The van der Waals surface area contributed by atoms with Gasteiger partial charge < -0.3 is 10.1 Å². The van der Waals surface area contributed by atoms with E-state index in [4.69, 9.17) is 4.74 Å². The molecule has 23 heavy (non-hydrogen) atoms. The normalized spacial score (nSPS) is 22.9. The fourth-order valence-corrected chi connectivity index (χ4v) is 2.92. The Kier molecular flexibility index (Phi) is 4.08. The van der Waals surface area contributed by atoms with Crippen LogP contribution in [0.1, 0.15) is 30.4 Å². The van der Waals surface area contributed by atoms with Crippen LogP contribution in [0.15, 0.2) is 18.2 Å². The molecular formula is C16H17F4NO2. The van der Waals surface area contributed by atoms with Crippen LogP contribution in [0.5, 0.6) is 0 Å². The third-order valence-corrected chi connectivity index (χ3v) is 4.59. The molecule has 1 amide bonds. The molecule has 1 saturated carbocycles. The maximum absolute atomic E-state index is 13.6. The summed E-state index contributed by atoms with van der Waals surface area (Å²) in [5, 5.41) is 2.78. The summed E-state index contributed by atoms with van der Waals surface area (Å²) >= 11 is 0. The van der Waals surface area contributed by atoms with Crippen molar-refractivity contribution >= 4 is 5.91 Å². The topological polar surface area (TPSA) is 38.3 Å². The Morgan fingerprint density at radius 3 is 2.61 bits per heavy atom. The monoisotopic (exact) mass is 331 g/mol. The third-order valence-electron chi connectivity index (χ3n) is 4.59. The number of hydrogen-bond donors (Lipinski definition) is 1. The number of alkyl halides is 3. The molecule has 1 aliphatic carbocycles. The minimum absolute atomic E-state index is 0.152. The largest absolute Gasteiger partial charge is 0.416 e. The van der Waals surface area contributed by atoms with Gasteiger partial charge in [0, 0.05) is 18.6 Å². The Balaban J connectivity index is 1.73. The van der Waals surface area contributed by atoms with Crippen molar-refractivity contribution in [2.75, 3.05) is 19.8 Å². The number of ether oxygens (including phenoxy) is 1. The second kappa shape index (κ2) is 5.78. The molecule has 3 nitrogen and oxygen atoms in total. The lowest BCUT2D eigenvalue weighted by Gasteiger charge is -2.19. The summed E-state index contributed by atoms with van der Waals surface area (Å²) in [6.45, 7) is 1.14. The predicted molar refractivity (Wildman–Crippen MR) is 74.2 cm³/mol. The lowest BCUT2D eigenvalue weighted by Crippen LogP contribution is -2.36. The van der Waals surface area contributed by atoms with E-state index in [-0.39, 0.29) is 18.4 Å². The van der Waals surface area contributed by atoms with Gasteiger partial charge in [-0.2, -0.15) is 13.2 Å². The Hall–Kier alpha value is -1.63. The predicted octanol–water partition coefficient (Wildman–Crippen LogP) is 3.03. The summed E-state index contributed by atoms with van der Waals surface area (Å²) in [5.74, 6) is -1.26. The molecule has 0 spiro atoms. The Morgan fingerprint density at radius 2 is 2.04 bits per heavy atom. The lowest BCUT2D eigenvalue weighted by atomic mass is 9.93. The first-order valence-corrected chi connectivity index (χ1v) is 7.54. The van der Waals surface area contributed by atoms with E-state index in [1.165, 1.54) is 0 Å². The summed E-state index contributed by atoms with van der Waals surface area (Å²) in [7, 11) is 0. The molecule has 0 radical (unpaired) electrons. The second-order valence-electron chi connectivity index (χ2n) is 6.28. The van der Waals surface area contributed by atoms with Gasteiger partial charge in [0.1, 0.15) is 5.82 Å². The number of halogens is 4. The smallest absolute Gasteiger partial charge is 0.381 e. The van der Waals surface area contributed by atoms with Crippen molar-refractivity contribution in [2.24, 2.45) is 5.92 Å². The maximum Gasteiger partial charge on any atom is 0.416 e. The van der Waals surface area contributed by atoms with Crippen molar-refractivity contribution in [1.82, 2.24) is 5.32 Å². The number of nitrogens with one attached hydrogen (secondary N) is 1. The Morgan fingerprint density at radius 1 is 1.30 bits per heavy atom. The molecule has 1 aromatic carbocycles. The van der Waals surface area contributed by atoms with E-state index < -0.39 is 23.0 Å². The first-order chi connectivity index (χ1) is 10.8. The molecule has 2 fully saturated rings. The average molecular weight is 331 g/mol. The number of amides is 1. The standard InChI is InChI=1S/C16H17F4NO2/c17-13-6-11(5-12(7-13)16(18,19)20)15(2-3-15)9-21-14(22)10-1-4-23-8-10/h5-7,10H,1-4,8-9H2,(H,21,22). The average Bonchev–Trinajstić information content (AvgIpc) is 3.07. The van der Waals surface area contributed by atoms with Crippen LogP contribution < -0.4 is 5.32 Å². The van der Waals surface area contributed by atoms with E-state index in [0.717, 1.165) is 12.1 Å². The minimum Gasteiger partial charge on any atom is -0.381 e. The van der Waals surface area contributed by atoms with Gasteiger partial charge in [0.2, 0.25) is 5.91 Å². The van der Waals surface area contributed by atoms with Crippen LogP contribution in [0.2, 0.25) is 0 Å². The van der Waals surface area contributed by atoms with Gasteiger partial charge in [-0.25, -0.2) is 4.39 Å². The maximum atomic E-state index is 13.6. The van der Waals surface area contributed by atoms with Crippen molar-refractivity contribution in [3.63, 3.8) is 0 Å². The van der Waals surface area contributed by atoms with Crippen LogP contribution in [0.4, 0.5) is 17.6 Å². The van der Waals surface area contributed by atoms with Gasteiger partial charge in [0.05, 0.1) is 18.1 Å². The molecule has 1 N–H and O–H groups in total. The van der Waals surface area contributed by atoms with E-state index in [0.29, 0.717) is 44.1 Å². The fraction of sp³-hybridized carbons (Fsp3) is 0.562. The highest BCUT2D eigenvalue weighted by atomic mass is 19.4. The van der Waals surface area contributed by atoms with E-state index in [9.17, 15) is 22.4 Å². The fourth-order valence-electron chi connectivity index (χ4n) is 2.92. The molecule has 1 atom stereocenters. The third kappa shape index (κ3) is 3.49. The molecule has 1 heterocycles. The summed E-state index contributed by atoms with van der Waals surface area (Å²) in [6, 6.07) is 2.61. The van der Waals surface area contributed by atoms with Crippen LogP contribution >= 0.6 is 0 Å². The highest BCUT2D eigenvalue weighted by molar-refractivity contribution is 5.79. The summed E-state index contributed by atoms with van der Waals surface area (Å²) < 4.78 is 57.2. The summed E-state index contributed by atoms with van der Waals surface area (Å²) in [6.07, 6.45) is -2.67. The zero-order valence-electron chi connectivity index (χ0n) is 12.4. The zero-order valence-corrected chi connectivity index (χ0v) is 12.4. The molecule has 1 aliphatic heterocycles. The van der Waals surface area contributed by atoms with Crippen molar-refractivity contribution in [3.8, 4) is 0 Å². The highest BCUT2D eigenvalue weighted by Crippen LogP contribution is 2.49. The van der Waals surface area contributed by atoms with Gasteiger partial charge in [-0.05, 0) is 43.0 Å². The molecule has 126 valence electrons. The van der Waals surface area contributed by atoms with Crippen LogP contribution in [-0.2, 0) is 21.1 Å². The van der Waals surface area contributed by atoms with Crippen LogP contribution in [-0.4, -0.2) is 25.7 Å². The first-order valence-electron chi connectivity index (χ1n) is 7.54.